The first-order valence-corrected chi connectivity index (χ1v) is 9.19. The summed E-state index contributed by atoms with van der Waals surface area (Å²) in [5.41, 5.74) is 5.98. The molecular weight excluding hydrogens is 290 g/mol. The normalized spacial score (nSPS) is 24.5. The van der Waals surface area contributed by atoms with Crippen molar-refractivity contribution < 1.29 is 4.74 Å². The first-order valence-electron chi connectivity index (χ1n) is 9.19. The van der Waals surface area contributed by atoms with E-state index in [0.29, 0.717) is 11.9 Å². The molecule has 6 nitrogen and oxygen atoms in total. The van der Waals surface area contributed by atoms with Gasteiger partial charge in [-0.1, -0.05) is 13.8 Å². The van der Waals surface area contributed by atoms with Crippen molar-refractivity contribution in [2.45, 2.75) is 26.7 Å². The summed E-state index contributed by atoms with van der Waals surface area (Å²) < 4.78 is 5.35. The van der Waals surface area contributed by atoms with Crippen LogP contribution >= 0.6 is 0 Å². The standard InChI is InChI=1S/C17H35N5O/c1-15(2)13-22-7-4-16(14-22)12-20-17(18)19-5-3-6-21-8-10-23-11-9-21/h15-16H,3-14H2,1-2H3,(H3,18,19,20). The summed E-state index contributed by atoms with van der Waals surface area (Å²) in [5.74, 6) is 2.02. The third-order valence-corrected chi connectivity index (χ3v) is 4.57. The van der Waals surface area contributed by atoms with E-state index in [1.807, 2.05) is 0 Å². The summed E-state index contributed by atoms with van der Waals surface area (Å²) in [5, 5.41) is 3.25. The third kappa shape index (κ3) is 7.50. The Hall–Kier alpha value is -0.850. The summed E-state index contributed by atoms with van der Waals surface area (Å²) in [6, 6.07) is 0. The summed E-state index contributed by atoms with van der Waals surface area (Å²) in [6.07, 6.45) is 2.35. The van der Waals surface area contributed by atoms with Crippen LogP contribution in [-0.2, 0) is 4.74 Å². The molecule has 0 bridgehead atoms. The molecule has 23 heavy (non-hydrogen) atoms. The summed E-state index contributed by atoms with van der Waals surface area (Å²) in [4.78, 5) is 9.52. The molecule has 2 saturated heterocycles. The fraction of sp³-hybridized carbons (Fsp3) is 0.941. The van der Waals surface area contributed by atoms with Gasteiger partial charge in [-0.2, -0.15) is 0 Å². The van der Waals surface area contributed by atoms with Crippen LogP contribution in [-0.4, -0.2) is 81.3 Å². The molecule has 0 aromatic rings. The molecule has 1 unspecified atom stereocenters. The molecule has 2 fully saturated rings. The zero-order valence-electron chi connectivity index (χ0n) is 15.0. The van der Waals surface area contributed by atoms with Gasteiger partial charge in [0.05, 0.1) is 13.2 Å². The molecule has 2 heterocycles. The first kappa shape index (κ1) is 18.5. The van der Waals surface area contributed by atoms with E-state index in [0.717, 1.165) is 58.3 Å². The van der Waals surface area contributed by atoms with Gasteiger partial charge in [0.15, 0.2) is 5.96 Å². The zero-order valence-corrected chi connectivity index (χ0v) is 15.0. The summed E-state index contributed by atoms with van der Waals surface area (Å²) >= 11 is 0. The van der Waals surface area contributed by atoms with E-state index in [2.05, 4.69) is 34.0 Å². The minimum Gasteiger partial charge on any atom is -0.379 e. The molecule has 0 aliphatic carbocycles. The van der Waals surface area contributed by atoms with Crippen molar-refractivity contribution in [3.63, 3.8) is 0 Å². The molecule has 0 spiro atoms. The monoisotopic (exact) mass is 325 g/mol. The average Bonchev–Trinajstić information content (AvgIpc) is 2.97. The minimum atomic E-state index is 0.606. The number of rotatable bonds is 8. The van der Waals surface area contributed by atoms with Crippen molar-refractivity contribution in [1.29, 1.82) is 0 Å². The predicted molar refractivity (Wildman–Crippen MR) is 95.8 cm³/mol. The number of guanidine groups is 1. The Morgan fingerprint density at radius 1 is 1.26 bits per heavy atom. The van der Waals surface area contributed by atoms with Gasteiger partial charge in [0.1, 0.15) is 0 Å². The molecule has 0 aromatic heterocycles. The maximum Gasteiger partial charge on any atom is 0.188 e. The number of nitrogens with two attached hydrogens (primary N) is 1. The molecule has 0 amide bonds. The molecule has 2 aliphatic rings. The van der Waals surface area contributed by atoms with Gasteiger partial charge >= 0.3 is 0 Å². The number of hydrogen-bond donors (Lipinski definition) is 2. The van der Waals surface area contributed by atoms with Crippen molar-refractivity contribution in [2.24, 2.45) is 22.6 Å². The highest BCUT2D eigenvalue weighted by Crippen LogP contribution is 2.17. The lowest BCUT2D eigenvalue weighted by Gasteiger charge is -2.26. The Balaban J connectivity index is 1.53. The van der Waals surface area contributed by atoms with Crippen molar-refractivity contribution >= 4 is 5.96 Å². The Bertz CT molecular complexity index is 355. The number of ether oxygens (including phenoxy) is 1. The largest absolute Gasteiger partial charge is 0.379 e. The molecule has 1 atom stereocenters. The number of likely N-dealkylation sites (tertiary alicyclic amines) is 1. The van der Waals surface area contributed by atoms with Gasteiger partial charge in [-0.15, -0.1) is 0 Å². The Labute approximate surface area is 141 Å². The molecule has 134 valence electrons. The van der Waals surface area contributed by atoms with Gasteiger partial charge < -0.3 is 20.7 Å². The highest BCUT2D eigenvalue weighted by molar-refractivity contribution is 5.77. The maximum absolute atomic E-state index is 5.98. The molecular formula is C17H35N5O. The lowest BCUT2D eigenvalue weighted by molar-refractivity contribution is 0.0376. The maximum atomic E-state index is 5.98. The van der Waals surface area contributed by atoms with Crippen molar-refractivity contribution in [2.75, 3.05) is 65.6 Å². The molecule has 3 N–H and O–H groups in total. The van der Waals surface area contributed by atoms with Crippen LogP contribution in [0.3, 0.4) is 0 Å². The van der Waals surface area contributed by atoms with Gasteiger partial charge in [-0.25, -0.2) is 0 Å². The number of aliphatic imine (C=N–C) groups is 1. The van der Waals surface area contributed by atoms with Crippen molar-refractivity contribution in [3.05, 3.63) is 0 Å². The van der Waals surface area contributed by atoms with Gasteiger partial charge in [0.2, 0.25) is 0 Å². The Morgan fingerprint density at radius 3 is 2.78 bits per heavy atom. The molecule has 0 radical (unpaired) electrons. The van der Waals surface area contributed by atoms with E-state index in [1.165, 1.54) is 26.1 Å². The molecule has 2 aliphatic heterocycles. The van der Waals surface area contributed by atoms with E-state index in [1.54, 1.807) is 0 Å². The number of nitrogens with one attached hydrogen (secondary N) is 1. The Kier molecular flexibility index (Phi) is 8.12. The lowest BCUT2D eigenvalue weighted by atomic mass is 10.1. The smallest absolute Gasteiger partial charge is 0.188 e. The second kappa shape index (κ2) is 10.1. The fourth-order valence-electron chi connectivity index (χ4n) is 3.37. The van der Waals surface area contributed by atoms with Gasteiger partial charge in [-0.05, 0) is 37.8 Å². The van der Waals surface area contributed by atoms with Crippen LogP contribution in [0.5, 0.6) is 0 Å². The van der Waals surface area contributed by atoms with Gasteiger partial charge in [-0.3, -0.25) is 9.89 Å². The lowest BCUT2D eigenvalue weighted by Crippen LogP contribution is -2.39. The number of hydrogen-bond acceptors (Lipinski definition) is 4. The molecule has 0 aromatic carbocycles. The van der Waals surface area contributed by atoms with Gasteiger partial charge in [0.25, 0.3) is 0 Å². The second-order valence-electron chi connectivity index (χ2n) is 7.27. The fourth-order valence-corrected chi connectivity index (χ4v) is 3.37. The zero-order chi connectivity index (χ0) is 16.5. The predicted octanol–water partition coefficient (Wildman–Crippen LogP) is 0.591. The first-order chi connectivity index (χ1) is 11.1. The highest BCUT2D eigenvalue weighted by atomic mass is 16.5. The van der Waals surface area contributed by atoms with Crippen LogP contribution < -0.4 is 11.1 Å². The topological polar surface area (TPSA) is 66.1 Å². The quantitative estimate of drug-likeness (QED) is 0.388. The van der Waals surface area contributed by atoms with Crippen LogP contribution in [0.1, 0.15) is 26.7 Å². The SMILES string of the molecule is CC(C)CN1CCC(CN=C(N)NCCCN2CCOCC2)C1. The van der Waals surface area contributed by atoms with Crippen LogP contribution in [0.25, 0.3) is 0 Å². The molecule has 2 rings (SSSR count). The number of morpholine rings is 1. The molecule has 0 saturated carbocycles. The van der Waals surface area contributed by atoms with Crippen LogP contribution in [0.15, 0.2) is 4.99 Å². The number of nitrogens with zero attached hydrogens (tertiary/aromatic N) is 3. The third-order valence-electron chi connectivity index (χ3n) is 4.57. The van der Waals surface area contributed by atoms with E-state index in [4.69, 9.17) is 10.5 Å². The highest BCUT2D eigenvalue weighted by Gasteiger charge is 2.22. The minimum absolute atomic E-state index is 0.606. The van der Waals surface area contributed by atoms with E-state index < -0.39 is 0 Å². The van der Waals surface area contributed by atoms with Crippen LogP contribution in [0.2, 0.25) is 0 Å². The van der Waals surface area contributed by atoms with Crippen LogP contribution in [0.4, 0.5) is 0 Å². The average molecular weight is 326 g/mol. The molecule has 6 heteroatoms. The second-order valence-corrected chi connectivity index (χ2v) is 7.27. The van der Waals surface area contributed by atoms with Crippen molar-refractivity contribution in [3.8, 4) is 0 Å². The van der Waals surface area contributed by atoms with E-state index in [-0.39, 0.29) is 0 Å². The summed E-state index contributed by atoms with van der Waals surface area (Å²) in [6.45, 7) is 14.9. The van der Waals surface area contributed by atoms with E-state index >= 15 is 0 Å². The van der Waals surface area contributed by atoms with Crippen molar-refractivity contribution in [1.82, 2.24) is 15.1 Å². The Morgan fingerprint density at radius 2 is 2.04 bits per heavy atom. The van der Waals surface area contributed by atoms with E-state index in [9.17, 15) is 0 Å². The summed E-state index contributed by atoms with van der Waals surface area (Å²) in [7, 11) is 0. The van der Waals surface area contributed by atoms with Gasteiger partial charge in [0, 0.05) is 39.3 Å². The van der Waals surface area contributed by atoms with Crippen LogP contribution in [0, 0.1) is 11.8 Å².